The van der Waals surface area contributed by atoms with E-state index in [0.717, 1.165) is 77.6 Å². The van der Waals surface area contributed by atoms with Crippen LogP contribution in [0, 0.1) is 25.7 Å². The number of aromatic nitrogens is 1. The molecule has 3 heterocycles. The molecule has 0 fully saturated rings. The molecule has 7 aromatic carbocycles. The largest absolute Gasteiger partial charge is 0.493 e. The van der Waals surface area contributed by atoms with Gasteiger partial charge in [0, 0.05) is 54.8 Å². The number of hydrogen-bond donors (Lipinski definition) is 0. The molecule has 292 valence electrons. The predicted molar refractivity (Wildman–Crippen MR) is 242 cm³/mol. The van der Waals surface area contributed by atoms with Gasteiger partial charge in [-0.3, -0.25) is 0 Å². The van der Waals surface area contributed by atoms with Crippen LogP contribution in [0.2, 0.25) is 0 Å². The van der Waals surface area contributed by atoms with E-state index in [1.807, 2.05) is 12.3 Å². The number of rotatable bonds is 6. The Morgan fingerprint density at radius 1 is 0.559 bits per heavy atom. The van der Waals surface area contributed by atoms with E-state index in [-0.39, 0.29) is 25.8 Å². The summed E-state index contributed by atoms with van der Waals surface area (Å²) in [6.07, 6.45) is 2.01. The molecule has 2 aliphatic rings. The Kier molecular flexibility index (Phi) is 10.3. The van der Waals surface area contributed by atoms with Crippen LogP contribution in [0.1, 0.15) is 31.9 Å². The van der Waals surface area contributed by atoms with Crippen molar-refractivity contribution < 1.29 is 20.4 Å². The number of aryl methyl sites for hydroxylation is 1. The minimum absolute atomic E-state index is 0. The molecule has 0 aliphatic carbocycles. The Labute approximate surface area is 365 Å². The Morgan fingerprint density at radius 3 is 1.90 bits per heavy atom. The average Bonchev–Trinajstić information content (AvgIpc) is 3.59. The predicted octanol–water partition coefficient (Wildman–Crippen LogP) is 14.6. The van der Waals surface area contributed by atoms with Gasteiger partial charge in [-0.05, 0) is 71.0 Å². The average molecular weight is 872 g/mol. The summed E-state index contributed by atoms with van der Waals surface area (Å²) in [6, 6.07) is 66.0. The third kappa shape index (κ3) is 7.17. The summed E-state index contributed by atoms with van der Waals surface area (Å²) in [6.45, 7) is 11.1. The van der Waals surface area contributed by atoms with Crippen LogP contribution in [0.3, 0.4) is 0 Å². The first-order valence-corrected chi connectivity index (χ1v) is 20.5. The second-order valence-corrected chi connectivity index (χ2v) is 16.9. The molecule has 1 aromatic heterocycles. The molecule has 0 radical (unpaired) electrons. The Balaban J connectivity index is 0.00000449. The first kappa shape index (κ1) is 38.6. The summed E-state index contributed by atoms with van der Waals surface area (Å²) in [5.41, 5.74) is 15.9. The summed E-state index contributed by atoms with van der Waals surface area (Å²) in [7, 11) is 0. The number of nitrogens with zero attached hydrogens (tertiary/aromatic N) is 4. The van der Waals surface area contributed by atoms with Crippen LogP contribution in [-0.2, 0) is 25.8 Å². The molecule has 0 atom stereocenters. The van der Waals surface area contributed by atoms with Gasteiger partial charge in [0.05, 0.1) is 5.69 Å². The molecule has 6 heteroatoms. The molecule has 0 amide bonds. The number of fused-ring (bicyclic) bond motifs is 6. The van der Waals surface area contributed by atoms with Gasteiger partial charge in [-0.15, -0.1) is 57.7 Å². The molecular weight excluding hydrogens is 831 g/mol. The van der Waals surface area contributed by atoms with Crippen LogP contribution in [0.25, 0.3) is 33.4 Å². The van der Waals surface area contributed by atoms with Crippen molar-refractivity contribution in [3.63, 3.8) is 0 Å². The maximum absolute atomic E-state index is 5.15. The van der Waals surface area contributed by atoms with Crippen molar-refractivity contribution in [1.82, 2.24) is 4.98 Å². The molecule has 8 aromatic rings. The summed E-state index contributed by atoms with van der Waals surface area (Å²) in [5, 5.41) is 0. The number of para-hydroxylation sites is 3. The van der Waals surface area contributed by atoms with Gasteiger partial charge in [-0.2, -0.15) is 24.3 Å². The van der Waals surface area contributed by atoms with Gasteiger partial charge in [0.15, 0.2) is 0 Å². The second-order valence-electron chi connectivity index (χ2n) is 15.8. The summed E-state index contributed by atoms with van der Waals surface area (Å²) in [5.74, 6) is 0.853. The normalized spacial score (nSPS) is 12.8. The van der Waals surface area contributed by atoms with Crippen molar-refractivity contribution in [1.29, 1.82) is 0 Å². The molecule has 4 nitrogen and oxygen atoms in total. The van der Waals surface area contributed by atoms with Crippen molar-refractivity contribution in [3.05, 3.63) is 200 Å². The zero-order valence-corrected chi connectivity index (χ0v) is 35.6. The van der Waals surface area contributed by atoms with Gasteiger partial charge in [0.1, 0.15) is 5.82 Å². The summed E-state index contributed by atoms with van der Waals surface area (Å²) < 4.78 is 0. The second kappa shape index (κ2) is 15.7. The molecule has 0 spiro atoms. The first-order valence-electron chi connectivity index (χ1n) is 19.7. The van der Waals surface area contributed by atoms with Crippen molar-refractivity contribution in [2.45, 2.75) is 42.9 Å². The van der Waals surface area contributed by atoms with Crippen LogP contribution in [0.5, 0.6) is 0 Å². The van der Waals surface area contributed by atoms with E-state index in [1.54, 1.807) is 11.8 Å². The molecule has 0 unspecified atom stereocenters. The number of hydrogen-bond acceptors (Lipinski definition) is 5. The Bertz CT molecular complexity index is 2810. The molecule has 0 bridgehead atoms. The van der Waals surface area contributed by atoms with Crippen molar-refractivity contribution in [2.75, 3.05) is 14.7 Å². The van der Waals surface area contributed by atoms with Gasteiger partial charge >= 0.3 is 0 Å². The van der Waals surface area contributed by atoms with E-state index in [1.165, 1.54) is 16.7 Å². The molecule has 10 rings (SSSR count). The van der Waals surface area contributed by atoms with E-state index in [9.17, 15) is 0 Å². The van der Waals surface area contributed by atoms with Crippen LogP contribution >= 0.6 is 11.8 Å². The maximum Gasteiger partial charge on any atom is 0.135 e. The number of benzene rings is 7. The fraction of sp³-hybridized carbons (Fsp3) is 0.0943. The van der Waals surface area contributed by atoms with Crippen LogP contribution in [0.15, 0.2) is 180 Å². The maximum atomic E-state index is 5.15. The molecule has 0 saturated carbocycles. The third-order valence-corrected chi connectivity index (χ3v) is 12.0. The van der Waals surface area contributed by atoms with E-state index in [4.69, 9.17) is 4.98 Å². The number of anilines is 7. The van der Waals surface area contributed by atoms with E-state index in [2.05, 4.69) is 219 Å². The first-order chi connectivity index (χ1) is 28.3. The fourth-order valence-corrected chi connectivity index (χ4v) is 8.92. The van der Waals surface area contributed by atoms with E-state index >= 15 is 0 Å². The van der Waals surface area contributed by atoms with E-state index in [0.29, 0.717) is 0 Å². The smallest absolute Gasteiger partial charge is 0.135 e. The standard InChI is InChI=1S/C53H41N4S.Pd/c1-36-31-52(54-34-47(36)37-15-6-5-7-16-37)57-48-22-11-10-21-45(48)43-19-8-9-20-44(43)46-30-29-42(33-51(46)57)58-41-18-14-17-40(32-41)56-35-55(49-23-12-13-24-50(49)56)39-27-25-38(26-28-39)53(2,3)4;/h5-31,34-35H,1-4H3;/q-3;. The molecular formula is C53H41N4PdS-3. The van der Waals surface area contributed by atoms with Gasteiger partial charge in [-0.1, -0.05) is 129 Å². The van der Waals surface area contributed by atoms with Crippen molar-refractivity contribution in [3.8, 4) is 33.4 Å². The van der Waals surface area contributed by atoms with Gasteiger partial charge in [-0.25, -0.2) is 4.98 Å². The minimum Gasteiger partial charge on any atom is -0.493 e. The summed E-state index contributed by atoms with van der Waals surface area (Å²) >= 11 is 1.67. The number of pyridine rings is 1. The Morgan fingerprint density at radius 2 is 1.19 bits per heavy atom. The monoisotopic (exact) mass is 871 g/mol. The van der Waals surface area contributed by atoms with Crippen LogP contribution in [0.4, 0.5) is 39.9 Å². The molecule has 0 saturated heterocycles. The topological polar surface area (TPSA) is 22.6 Å². The van der Waals surface area contributed by atoms with Crippen LogP contribution in [-0.4, -0.2) is 4.98 Å². The quantitative estimate of drug-likeness (QED) is 0.122. The zero-order valence-electron chi connectivity index (χ0n) is 33.3. The van der Waals surface area contributed by atoms with Crippen molar-refractivity contribution >= 4 is 51.7 Å². The third-order valence-electron chi connectivity index (χ3n) is 11.1. The fourth-order valence-electron chi connectivity index (χ4n) is 8.09. The summed E-state index contributed by atoms with van der Waals surface area (Å²) in [4.78, 5) is 13.9. The molecule has 59 heavy (non-hydrogen) atoms. The zero-order chi connectivity index (χ0) is 39.4. The van der Waals surface area contributed by atoms with Crippen molar-refractivity contribution in [2.24, 2.45) is 0 Å². The van der Waals surface area contributed by atoms with E-state index < -0.39 is 0 Å². The Hall–Kier alpha value is -5.90. The van der Waals surface area contributed by atoms with Gasteiger partial charge in [0.25, 0.3) is 0 Å². The molecule has 2 aliphatic heterocycles. The van der Waals surface area contributed by atoms with Gasteiger partial charge < -0.3 is 14.7 Å². The SMILES string of the molecule is Cc1cc(N2c3[c-]c(Sc4[c-]c(N5[CH-]N(c6ccc(C(C)(C)C)cc6)c6ccccc65)ccc4)ccc3-c3ccccc3-c3ccccc32)ncc1-c1ccccc1.[Pd]. The van der Waals surface area contributed by atoms with Gasteiger partial charge in [0.2, 0.25) is 0 Å². The minimum atomic E-state index is 0. The molecule has 0 N–H and O–H groups in total. The van der Waals surface area contributed by atoms with Crippen LogP contribution < -0.4 is 14.7 Å².